The minimum atomic E-state index is 1.07. The molecule has 24 heavy (non-hydrogen) atoms. The van der Waals surface area contributed by atoms with Crippen LogP contribution in [0.5, 0.6) is 0 Å². The molecule has 0 aliphatic carbocycles. The van der Waals surface area contributed by atoms with Crippen molar-refractivity contribution in [1.29, 1.82) is 0 Å². The van der Waals surface area contributed by atoms with Gasteiger partial charge in [-0.05, 0) is 23.0 Å². The number of alkyl halides is 1. The fraction of sp³-hybridized carbons (Fsp3) is 1.00. The molecule has 0 atom stereocenters. The standard InChI is InChI=1S/C22H45IS/c23-21-19-17-15-13-11-9-7-5-3-1-2-4-6-8-10-12-14-16-18-20-22-24/h24H,1-22H2. The minimum Gasteiger partial charge on any atom is -0.179 e. The van der Waals surface area contributed by atoms with Crippen LogP contribution in [0.25, 0.3) is 0 Å². The van der Waals surface area contributed by atoms with E-state index in [-0.39, 0.29) is 0 Å². The van der Waals surface area contributed by atoms with Gasteiger partial charge in [0.05, 0.1) is 0 Å². The Hall–Kier alpha value is 1.08. The normalized spacial score (nSPS) is 11.2. The summed E-state index contributed by atoms with van der Waals surface area (Å²) in [6, 6.07) is 0. The average Bonchev–Trinajstić information content (AvgIpc) is 2.60. The predicted octanol–water partition coefficient (Wildman–Crippen LogP) is 9.15. The zero-order valence-corrected chi connectivity index (χ0v) is 19.4. The molecule has 0 amide bonds. The first-order chi connectivity index (χ1) is 11.9. The highest BCUT2D eigenvalue weighted by Crippen LogP contribution is 2.14. The first kappa shape index (κ1) is 25.1. The van der Waals surface area contributed by atoms with E-state index in [0.29, 0.717) is 0 Å². The van der Waals surface area contributed by atoms with Crippen molar-refractivity contribution < 1.29 is 0 Å². The van der Waals surface area contributed by atoms with Crippen LogP contribution in [0, 0.1) is 0 Å². The molecule has 0 aromatic rings. The molecule has 0 saturated heterocycles. The molecule has 0 rings (SSSR count). The van der Waals surface area contributed by atoms with Crippen LogP contribution in [-0.4, -0.2) is 10.2 Å². The molecular formula is C22H45IS. The van der Waals surface area contributed by atoms with Gasteiger partial charge in [-0.25, -0.2) is 0 Å². The highest BCUT2D eigenvalue weighted by atomic mass is 127. The second kappa shape index (κ2) is 24.1. The first-order valence-corrected chi connectivity index (χ1v) is 13.2. The molecule has 0 saturated carbocycles. The third-order valence-electron chi connectivity index (χ3n) is 5.04. The smallest absolute Gasteiger partial charge is 0.000473 e. The maximum absolute atomic E-state index is 4.26. The van der Waals surface area contributed by atoms with Crippen molar-refractivity contribution in [3.63, 3.8) is 0 Å². The third kappa shape index (κ3) is 23.1. The second-order valence-electron chi connectivity index (χ2n) is 7.48. The minimum absolute atomic E-state index is 1.07. The summed E-state index contributed by atoms with van der Waals surface area (Å²) in [7, 11) is 0. The van der Waals surface area contributed by atoms with Crippen molar-refractivity contribution in [2.24, 2.45) is 0 Å². The summed E-state index contributed by atoms with van der Waals surface area (Å²) in [5.74, 6) is 1.07. The fourth-order valence-electron chi connectivity index (χ4n) is 3.39. The number of thiol groups is 1. The van der Waals surface area contributed by atoms with Gasteiger partial charge in [-0.2, -0.15) is 12.6 Å². The van der Waals surface area contributed by atoms with Crippen molar-refractivity contribution in [1.82, 2.24) is 0 Å². The van der Waals surface area contributed by atoms with Gasteiger partial charge in [0, 0.05) is 0 Å². The number of unbranched alkanes of at least 4 members (excludes halogenated alkanes) is 19. The molecule has 0 N–H and O–H groups in total. The van der Waals surface area contributed by atoms with E-state index in [2.05, 4.69) is 35.2 Å². The summed E-state index contributed by atoms with van der Waals surface area (Å²) >= 11 is 6.75. The third-order valence-corrected chi connectivity index (χ3v) is 6.12. The maximum atomic E-state index is 4.26. The highest BCUT2D eigenvalue weighted by molar-refractivity contribution is 14.1. The van der Waals surface area contributed by atoms with Gasteiger partial charge >= 0.3 is 0 Å². The van der Waals surface area contributed by atoms with E-state index >= 15 is 0 Å². The summed E-state index contributed by atoms with van der Waals surface area (Å²) in [5.41, 5.74) is 0. The Morgan fingerprint density at radius 1 is 0.333 bits per heavy atom. The van der Waals surface area contributed by atoms with Gasteiger partial charge in [-0.1, -0.05) is 138 Å². The van der Waals surface area contributed by atoms with Gasteiger partial charge < -0.3 is 0 Å². The Balaban J connectivity index is 2.93. The number of halogens is 1. The topological polar surface area (TPSA) is 0 Å². The van der Waals surface area contributed by atoms with Crippen LogP contribution < -0.4 is 0 Å². The van der Waals surface area contributed by atoms with E-state index < -0.39 is 0 Å². The molecule has 0 heterocycles. The van der Waals surface area contributed by atoms with E-state index in [9.17, 15) is 0 Å². The number of hydrogen-bond acceptors (Lipinski definition) is 1. The van der Waals surface area contributed by atoms with Crippen LogP contribution in [-0.2, 0) is 0 Å². The highest BCUT2D eigenvalue weighted by Gasteiger charge is 1.95. The lowest BCUT2D eigenvalue weighted by molar-refractivity contribution is 0.523. The lowest BCUT2D eigenvalue weighted by atomic mass is 10.0. The first-order valence-electron chi connectivity index (χ1n) is 11.1. The summed E-state index contributed by atoms with van der Waals surface area (Å²) in [6.45, 7) is 0. The van der Waals surface area contributed by atoms with Gasteiger partial charge in [0.25, 0.3) is 0 Å². The molecule has 0 unspecified atom stereocenters. The Morgan fingerprint density at radius 3 is 0.750 bits per heavy atom. The molecule has 146 valence electrons. The molecule has 0 spiro atoms. The summed E-state index contributed by atoms with van der Waals surface area (Å²) in [4.78, 5) is 0. The monoisotopic (exact) mass is 468 g/mol. The molecule has 2 heteroatoms. The molecule has 0 fully saturated rings. The predicted molar refractivity (Wildman–Crippen MR) is 125 cm³/mol. The van der Waals surface area contributed by atoms with Gasteiger partial charge in [-0.15, -0.1) is 0 Å². The summed E-state index contributed by atoms with van der Waals surface area (Å²) in [5, 5.41) is 0. The Bertz CT molecular complexity index is 186. The van der Waals surface area contributed by atoms with Crippen LogP contribution in [0.3, 0.4) is 0 Å². The van der Waals surface area contributed by atoms with E-state index in [0.717, 1.165) is 5.75 Å². The molecule has 0 radical (unpaired) electrons. The lowest BCUT2D eigenvalue weighted by Gasteiger charge is -2.04. The maximum Gasteiger partial charge on any atom is -0.000473 e. The van der Waals surface area contributed by atoms with Crippen molar-refractivity contribution in [3.05, 3.63) is 0 Å². The Labute approximate surface area is 173 Å². The summed E-state index contributed by atoms with van der Waals surface area (Å²) < 4.78 is 1.34. The second-order valence-corrected chi connectivity index (χ2v) is 9.01. The van der Waals surface area contributed by atoms with Crippen LogP contribution in [0.2, 0.25) is 0 Å². The Morgan fingerprint density at radius 2 is 0.542 bits per heavy atom. The van der Waals surface area contributed by atoms with Crippen LogP contribution in [0.4, 0.5) is 0 Å². The Kier molecular flexibility index (Phi) is 25.2. The van der Waals surface area contributed by atoms with Gasteiger partial charge in [-0.3, -0.25) is 0 Å². The molecule has 0 bridgehead atoms. The molecular weight excluding hydrogens is 423 g/mol. The van der Waals surface area contributed by atoms with Gasteiger partial charge in [0.2, 0.25) is 0 Å². The zero-order chi connectivity index (χ0) is 17.6. The molecule has 0 aromatic heterocycles. The number of rotatable bonds is 21. The molecule has 0 nitrogen and oxygen atoms in total. The average molecular weight is 469 g/mol. The van der Waals surface area contributed by atoms with Crippen molar-refractivity contribution in [3.8, 4) is 0 Å². The summed E-state index contributed by atoms with van der Waals surface area (Å²) in [6.07, 6.45) is 29.2. The molecule has 0 aromatic carbocycles. The number of hydrogen-bond donors (Lipinski definition) is 1. The van der Waals surface area contributed by atoms with Crippen molar-refractivity contribution in [2.75, 3.05) is 10.2 Å². The van der Waals surface area contributed by atoms with Crippen molar-refractivity contribution >= 4 is 35.2 Å². The SMILES string of the molecule is SCCCCCCCCCCCCCCCCCCCCCCI. The lowest BCUT2D eigenvalue weighted by Crippen LogP contribution is -1.84. The van der Waals surface area contributed by atoms with E-state index in [4.69, 9.17) is 0 Å². The quantitative estimate of drug-likeness (QED) is 0.0738. The molecule has 0 aliphatic heterocycles. The largest absolute Gasteiger partial charge is 0.179 e. The van der Waals surface area contributed by atoms with Gasteiger partial charge in [0.1, 0.15) is 0 Å². The van der Waals surface area contributed by atoms with E-state index in [1.54, 1.807) is 0 Å². The van der Waals surface area contributed by atoms with E-state index in [1.807, 2.05) is 0 Å². The molecule has 0 aliphatic rings. The fourth-order valence-corrected chi connectivity index (χ4v) is 4.15. The zero-order valence-electron chi connectivity index (χ0n) is 16.4. The van der Waals surface area contributed by atoms with E-state index in [1.165, 1.54) is 133 Å². The van der Waals surface area contributed by atoms with Crippen molar-refractivity contribution in [2.45, 2.75) is 128 Å². The van der Waals surface area contributed by atoms with Crippen LogP contribution in [0.15, 0.2) is 0 Å². The van der Waals surface area contributed by atoms with Crippen LogP contribution >= 0.6 is 35.2 Å². The van der Waals surface area contributed by atoms with Crippen LogP contribution in [0.1, 0.15) is 128 Å². The van der Waals surface area contributed by atoms with Gasteiger partial charge in [0.15, 0.2) is 0 Å².